The highest BCUT2D eigenvalue weighted by Gasteiger charge is 2.09. The van der Waals surface area contributed by atoms with Crippen molar-refractivity contribution < 1.29 is 19.4 Å². The molecule has 4 heteroatoms. The van der Waals surface area contributed by atoms with Gasteiger partial charge in [0.1, 0.15) is 6.26 Å². The summed E-state index contributed by atoms with van der Waals surface area (Å²) in [5.41, 5.74) is 0. The van der Waals surface area contributed by atoms with Gasteiger partial charge < -0.3 is 14.6 Å². The van der Waals surface area contributed by atoms with Crippen molar-refractivity contribution in [2.24, 2.45) is 0 Å². The molecule has 0 amide bonds. The van der Waals surface area contributed by atoms with Crippen LogP contribution in [0.5, 0.6) is 0 Å². The van der Waals surface area contributed by atoms with Crippen LogP contribution in [-0.2, 0) is 14.3 Å². The standard InChI is InChI=1S/C19H36O4/c1-3-5-7-9-11-13-15-22-17-18(19(20)21)23-16-14-12-10-8-6-4-2/h17H,3-16H2,1-2H3,(H,20,21). The molecule has 0 saturated heterocycles. The molecule has 23 heavy (non-hydrogen) atoms. The van der Waals surface area contributed by atoms with Crippen LogP contribution in [0.2, 0.25) is 0 Å². The maximum Gasteiger partial charge on any atom is 0.374 e. The lowest BCUT2D eigenvalue weighted by atomic mass is 10.1. The number of rotatable bonds is 17. The monoisotopic (exact) mass is 328 g/mol. The Labute approximate surface area is 142 Å². The van der Waals surface area contributed by atoms with Crippen molar-refractivity contribution in [1.82, 2.24) is 0 Å². The largest absolute Gasteiger partial charge is 0.497 e. The molecule has 0 atom stereocenters. The molecule has 0 radical (unpaired) electrons. The number of aliphatic carboxylic acids is 1. The Kier molecular flexibility index (Phi) is 16.3. The minimum absolute atomic E-state index is 0.0791. The molecule has 0 bridgehead atoms. The molecule has 0 aliphatic rings. The summed E-state index contributed by atoms with van der Waals surface area (Å²) in [4.78, 5) is 11.1. The average molecular weight is 328 g/mol. The minimum atomic E-state index is -1.06. The Balaban J connectivity index is 3.65. The van der Waals surface area contributed by atoms with Crippen molar-refractivity contribution in [2.45, 2.75) is 90.9 Å². The van der Waals surface area contributed by atoms with E-state index in [0.717, 1.165) is 25.7 Å². The van der Waals surface area contributed by atoms with E-state index < -0.39 is 5.97 Å². The Morgan fingerprint density at radius 1 is 0.783 bits per heavy atom. The summed E-state index contributed by atoms with van der Waals surface area (Å²) in [6, 6.07) is 0. The molecule has 0 unspecified atom stereocenters. The zero-order valence-electron chi connectivity index (χ0n) is 15.1. The fraction of sp³-hybridized carbons (Fsp3) is 0.842. The second-order valence-corrected chi connectivity index (χ2v) is 6.04. The van der Waals surface area contributed by atoms with Gasteiger partial charge in [-0.1, -0.05) is 78.1 Å². The third kappa shape index (κ3) is 15.5. The molecule has 0 aromatic carbocycles. The number of carboxylic acid groups (broad SMARTS) is 1. The van der Waals surface area contributed by atoms with Crippen LogP contribution in [0.4, 0.5) is 0 Å². The van der Waals surface area contributed by atoms with Crippen molar-refractivity contribution in [3.63, 3.8) is 0 Å². The first kappa shape index (κ1) is 21.8. The highest BCUT2D eigenvalue weighted by molar-refractivity contribution is 5.83. The molecule has 0 aromatic rings. The zero-order chi connectivity index (χ0) is 17.2. The van der Waals surface area contributed by atoms with E-state index in [-0.39, 0.29) is 5.76 Å². The number of carboxylic acids is 1. The first-order valence-electron chi connectivity index (χ1n) is 9.40. The summed E-state index contributed by atoms with van der Waals surface area (Å²) in [5, 5.41) is 9.07. The topological polar surface area (TPSA) is 55.8 Å². The van der Waals surface area contributed by atoms with Crippen LogP contribution in [0.1, 0.15) is 90.9 Å². The van der Waals surface area contributed by atoms with Crippen LogP contribution < -0.4 is 0 Å². The van der Waals surface area contributed by atoms with E-state index in [9.17, 15) is 4.79 Å². The SMILES string of the molecule is CCCCCCCCOC=C(OCCCCCCCC)C(=O)O. The number of ether oxygens (including phenoxy) is 2. The van der Waals surface area contributed by atoms with Crippen LogP contribution in [0.3, 0.4) is 0 Å². The van der Waals surface area contributed by atoms with E-state index in [1.54, 1.807) is 0 Å². The molecule has 0 aliphatic carbocycles. The zero-order valence-corrected chi connectivity index (χ0v) is 15.1. The van der Waals surface area contributed by atoms with Gasteiger partial charge in [-0.2, -0.15) is 0 Å². The van der Waals surface area contributed by atoms with E-state index in [4.69, 9.17) is 14.6 Å². The summed E-state index contributed by atoms with van der Waals surface area (Å²) >= 11 is 0. The third-order valence-corrected chi connectivity index (χ3v) is 3.77. The van der Waals surface area contributed by atoms with E-state index in [1.807, 2.05) is 0 Å². The third-order valence-electron chi connectivity index (χ3n) is 3.77. The predicted molar refractivity (Wildman–Crippen MR) is 94.4 cm³/mol. The Morgan fingerprint density at radius 3 is 1.78 bits per heavy atom. The maximum atomic E-state index is 11.1. The number of hydrogen-bond donors (Lipinski definition) is 1. The molecule has 136 valence electrons. The van der Waals surface area contributed by atoms with Crippen molar-refractivity contribution in [3.05, 3.63) is 12.0 Å². The Hall–Kier alpha value is -1.19. The van der Waals surface area contributed by atoms with Crippen molar-refractivity contribution in [2.75, 3.05) is 13.2 Å². The van der Waals surface area contributed by atoms with Gasteiger partial charge in [0.25, 0.3) is 0 Å². The molecule has 0 aliphatic heterocycles. The number of hydrogen-bond acceptors (Lipinski definition) is 3. The molecular formula is C19H36O4. The maximum absolute atomic E-state index is 11.1. The van der Waals surface area contributed by atoms with Gasteiger partial charge in [0, 0.05) is 0 Å². The van der Waals surface area contributed by atoms with E-state index in [1.165, 1.54) is 57.6 Å². The lowest BCUT2D eigenvalue weighted by Crippen LogP contribution is -2.07. The Bertz CT molecular complexity index is 300. The van der Waals surface area contributed by atoms with Gasteiger partial charge in [-0.25, -0.2) is 4.79 Å². The predicted octanol–water partition coefficient (Wildman–Crippen LogP) is 5.67. The van der Waals surface area contributed by atoms with Crippen LogP contribution in [0.15, 0.2) is 12.0 Å². The lowest BCUT2D eigenvalue weighted by molar-refractivity contribution is -0.137. The van der Waals surface area contributed by atoms with Crippen LogP contribution >= 0.6 is 0 Å². The molecule has 1 N–H and O–H groups in total. The van der Waals surface area contributed by atoms with Gasteiger partial charge in [-0.15, -0.1) is 0 Å². The van der Waals surface area contributed by atoms with Crippen molar-refractivity contribution in [1.29, 1.82) is 0 Å². The van der Waals surface area contributed by atoms with Gasteiger partial charge in [-0.05, 0) is 12.8 Å². The van der Waals surface area contributed by atoms with Gasteiger partial charge in [0.2, 0.25) is 5.76 Å². The number of unbranched alkanes of at least 4 members (excludes halogenated alkanes) is 10. The summed E-state index contributed by atoms with van der Waals surface area (Å²) in [6.45, 7) is 5.40. The second kappa shape index (κ2) is 17.2. The molecule has 0 heterocycles. The number of carbonyl (C=O) groups is 1. The normalized spacial score (nSPS) is 11.5. The van der Waals surface area contributed by atoms with Gasteiger partial charge in [0.05, 0.1) is 13.2 Å². The van der Waals surface area contributed by atoms with Crippen molar-refractivity contribution in [3.8, 4) is 0 Å². The van der Waals surface area contributed by atoms with Gasteiger partial charge in [0.15, 0.2) is 0 Å². The lowest BCUT2D eigenvalue weighted by Gasteiger charge is -2.07. The van der Waals surface area contributed by atoms with Crippen LogP contribution in [-0.4, -0.2) is 24.3 Å². The summed E-state index contributed by atoms with van der Waals surface area (Å²) in [7, 11) is 0. The Morgan fingerprint density at radius 2 is 1.26 bits per heavy atom. The van der Waals surface area contributed by atoms with E-state index >= 15 is 0 Å². The highest BCUT2D eigenvalue weighted by Crippen LogP contribution is 2.08. The first-order chi connectivity index (χ1) is 11.2. The molecular weight excluding hydrogens is 292 g/mol. The second-order valence-electron chi connectivity index (χ2n) is 6.04. The van der Waals surface area contributed by atoms with Crippen molar-refractivity contribution >= 4 is 5.97 Å². The van der Waals surface area contributed by atoms with Crippen LogP contribution in [0.25, 0.3) is 0 Å². The summed E-state index contributed by atoms with van der Waals surface area (Å²) in [6.07, 6.45) is 15.3. The molecule has 0 saturated carbocycles. The van der Waals surface area contributed by atoms with E-state index in [0.29, 0.717) is 13.2 Å². The quantitative estimate of drug-likeness (QED) is 0.212. The molecule has 0 fully saturated rings. The first-order valence-corrected chi connectivity index (χ1v) is 9.40. The average Bonchev–Trinajstić information content (AvgIpc) is 2.54. The summed E-state index contributed by atoms with van der Waals surface area (Å²) < 4.78 is 10.6. The smallest absolute Gasteiger partial charge is 0.374 e. The van der Waals surface area contributed by atoms with E-state index in [2.05, 4.69) is 13.8 Å². The summed E-state index contributed by atoms with van der Waals surface area (Å²) in [5.74, 6) is -1.14. The highest BCUT2D eigenvalue weighted by atomic mass is 16.5. The molecule has 0 spiro atoms. The minimum Gasteiger partial charge on any atom is -0.497 e. The van der Waals surface area contributed by atoms with Gasteiger partial charge >= 0.3 is 5.97 Å². The molecule has 0 aromatic heterocycles. The molecule has 4 nitrogen and oxygen atoms in total. The van der Waals surface area contributed by atoms with Gasteiger partial charge in [-0.3, -0.25) is 0 Å². The molecule has 0 rings (SSSR count). The fourth-order valence-electron chi connectivity index (χ4n) is 2.31. The van der Waals surface area contributed by atoms with Crippen LogP contribution in [0, 0.1) is 0 Å². The fourth-order valence-corrected chi connectivity index (χ4v) is 2.31.